The summed E-state index contributed by atoms with van der Waals surface area (Å²) >= 11 is 6.03. The molecular weight excluding hydrogens is 348 g/mol. The van der Waals surface area contributed by atoms with Gasteiger partial charge < -0.3 is 14.8 Å². The molecule has 0 saturated carbocycles. The van der Waals surface area contributed by atoms with Crippen LogP contribution in [-0.4, -0.2) is 31.2 Å². The smallest absolute Gasteiger partial charge is 0.345 e. The monoisotopic (exact) mass is 364 g/mol. The molecule has 2 aromatic carbocycles. The normalized spacial score (nSPS) is 10.4. The minimum atomic E-state index is -0.740. The van der Waals surface area contributed by atoms with Crippen LogP contribution in [0.5, 0.6) is 5.75 Å². The molecule has 0 atom stereocenters. The molecule has 0 radical (unpaired) electrons. The number of ether oxygens (including phenoxy) is 2. The molecule has 0 aromatic heterocycles. The van der Waals surface area contributed by atoms with Crippen molar-refractivity contribution in [2.45, 2.75) is 6.92 Å². The zero-order chi connectivity index (χ0) is 18.4. The van der Waals surface area contributed by atoms with Gasteiger partial charge in [-0.2, -0.15) is 0 Å². The predicted molar refractivity (Wildman–Crippen MR) is 94.6 cm³/mol. The van der Waals surface area contributed by atoms with E-state index >= 15 is 0 Å². The molecule has 8 heteroatoms. The third-order valence-corrected chi connectivity index (χ3v) is 3.66. The van der Waals surface area contributed by atoms with Gasteiger partial charge in [-0.15, -0.1) is 0 Å². The van der Waals surface area contributed by atoms with Crippen molar-refractivity contribution >= 4 is 28.9 Å². The number of nitrogens with zero attached hydrogens (tertiary/aromatic N) is 1. The van der Waals surface area contributed by atoms with Gasteiger partial charge in [-0.1, -0.05) is 17.7 Å². The van der Waals surface area contributed by atoms with E-state index in [9.17, 15) is 14.9 Å². The van der Waals surface area contributed by atoms with E-state index in [1.165, 1.54) is 18.2 Å². The highest BCUT2D eigenvalue weighted by Gasteiger charge is 2.19. The summed E-state index contributed by atoms with van der Waals surface area (Å²) in [4.78, 5) is 23.0. The zero-order valence-corrected chi connectivity index (χ0v) is 14.5. The molecule has 0 aliphatic carbocycles. The lowest BCUT2D eigenvalue weighted by Gasteiger charge is -2.12. The Bertz CT molecular complexity index is 795. The Morgan fingerprint density at radius 3 is 2.72 bits per heavy atom. The van der Waals surface area contributed by atoms with Gasteiger partial charge in [0.15, 0.2) is 0 Å². The van der Waals surface area contributed by atoms with Gasteiger partial charge in [0.2, 0.25) is 0 Å². The van der Waals surface area contributed by atoms with E-state index in [0.717, 1.165) is 5.56 Å². The fourth-order valence-electron chi connectivity index (χ4n) is 2.10. The van der Waals surface area contributed by atoms with Gasteiger partial charge in [0.1, 0.15) is 5.75 Å². The van der Waals surface area contributed by atoms with Crippen molar-refractivity contribution in [2.24, 2.45) is 0 Å². The summed E-state index contributed by atoms with van der Waals surface area (Å²) in [6.07, 6.45) is 0. The number of carbonyl (C=O) groups is 1. The number of carbonyl (C=O) groups excluding carboxylic acids is 1. The molecule has 25 heavy (non-hydrogen) atoms. The molecule has 0 spiro atoms. The number of methoxy groups -OCH3 is 1. The molecule has 0 heterocycles. The summed E-state index contributed by atoms with van der Waals surface area (Å²) < 4.78 is 10.3. The Morgan fingerprint density at radius 2 is 2.04 bits per heavy atom. The number of halogens is 1. The van der Waals surface area contributed by atoms with Crippen LogP contribution >= 0.6 is 11.6 Å². The molecule has 0 bridgehead atoms. The van der Waals surface area contributed by atoms with Gasteiger partial charge in [-0.05, 0) is 30.7 Å². The van der Waals surface area contributed by atoms with E-state index in [2.05, 4.69) is 5.32 Å². The molecule has 1 N–H and O–H groups in total. The van der Waals surface area contributed by atoms with Gasteiger partial charge in [0, 0.05) is 31.5 Å². The third-order valence-electron chi connectivity index (χ3n) is 3.34. The maximum absolute atomic E-state index is 12.5. The van der Waals surface area contributed by atoms with Gasteiger partial charge in [0.25, 0.3) is 5.69 Å². The standard InChI is InChI=1S/C17H17ClN2O5/c1-11-3-5-14(18)16(9-11)25-17(21)13-10-12(20(22)23)4-6-15(13)19-7-8-24-2/h3-6,9-10,19H,7-8H2,1-2H3. The van der Waals surface area contributed by atoms with Crippen molar-refractivity contribution < 1.29 is 19.2 Å². The lowest BCUT2D eigenvalue weighted by atomic mass is 10.1. The number of benzene rings is 2. The van der Waals surface area contributed by atoms with Crippen molar-refractivity contribution in [1.82, 2.24) is 0 Å². The van der Waals surface area contributed by atoms with Gasteiger partial charge >= 0.3 is 5.97 Å². The largest absolute Gasteiger partial charge is 0.421 e. The van der Waals surface area contributed by atoms with Crippen LogP contribution < -0.4 is 10.1 Å². The summed E-state index contributed by atoms with van der Waals surface area (Å²) in [6.45, 7) is 2.67. The maximum Gasteiger partial charge on any atom is 0.345 e. The summed E-state index contributed by atoms with van der Waals surface area (Å²) in [5, 5.41) is 14.3. The molecule has 0 saturated heterocycles. The molecular formula is C17H17ClN2O5. The van der Waals surface area contributed by atoms with E-state index in [0.29, 0.717) is 18.8 Å². The SMILES string of the molecule is COCCNc1ccc([N+](=O)[O-])cc1C(=O)Oc1cc(C)ccc1Cl. The Labute approximate surface area is 149 Å². The summed E-state index contributed by atoms with van der Waals surface area (Å²) in [5.74, 6) is -0.544. The van der Waals surface area contributed by atoms with Gasteiger partial charge in [-0.3, -0.25) is 10.1 Å². The van der Waals surface area contributed by atoms with Crippen LogP contribution in [0.15, 0.2) is 36.4 Å². The highest BCUT2D eigenvalue weighted by Crippen LogP contribution is 2.28. The van der Waals surface area contributed by atoms with E-state index in [-0.39, 0.29) is 22.0 Å². The minimum Gasteiger partial charge on any atom is -0.421 e. The van der Waals surface area contributed by atoms with Crippen molar-refractivity contribution in [1.29, 1.82) is 0 Å². The minimum absolute atomic E-state index is 0.0443. The molecule has 0 aliphatic heterocycles. The molecule has 0 unspecified atom stereocenters. The number of hydrogen-bond donors (Lipinski definition) is 1. The highest BCUT2D eigenvalue weighted by atomic mass is 35.5. The molecule has 2 rings (SSSR count). The fourth-order valence-corrected chi connectivity index (χ4v) is 2.26. The molecule has 2 aromatic rings. The van der Waals surface area contributed by atoms with Crippen LogP contribution in [0, 0.1) is 17.0 Å². The van der Waals surface area contributed by atoms with E-state index in [1.807, 2.05) is 6.92 Å². The number of esters is 1. The topological polar surface area (TPSA) is 90.7 Å². The van der Waals surface area contributed by atoms with Crippen LogP contribution in [0.4, 0.5) is 11.4 Å². The van der Waals surface area contributed by atoms with Crippen LogP contribution in [-0.2, 0) is 4.74 Å². The van der Waals surface area contributed by atoms with Crippen molar-refractivity contribution in [2.75, 3.05) is 25.6 Å². The second-order valence-corrected chi connectivity index (χ2v) is 5.64. The number of anilines is 1. The molecule has 0 amide bonds. The first-order chi connectivity index (χ1) is 11.9. The van der Waals surface area contributed by atoms with Crippen molar-refractivity contribution in [3.63, 3.8) is 0 Å². The van der Waals surface area contributed by atoms with Crippen LogP contribution in [0.3, 0.4) is 0 Å². The van der Waals surface area contributed by atoms with Crippen molar-refractivity contribution in [3.8, 4) is 5.75 Å². The number of non-ortho nitro benzene ring substituents is 1. The number of aryl methyl sites for hydroxylation is 1. The molecule has 7 nitrogen and oxygen atoms in total. The first-order valence-corrected chi connectivity index (χ1v) is 7.79. The molecule has 0 fully saturated rings. The fraction of sp³-hybridized carbons (Fsp3) is 0.235. The lowest BCUT2D eigenvalue weighted by molar-refractivity contribution is -0.384. The van der Waals surface area contributed by atoms with Crippen LogP contribution in [0.1, 0.15) is 15.9 Å². The Balaban J connectivity index is 2.32. The summed E-state index contributed by atoms with van der Waals surface area (Å²) in [6, 6.07) is 8.96. The number of rotatable bonds is 7. The van der Waals surface area contributed by atoms with Crippen LogP contribution in [0.2, 0.25) is 5.02 Å². The quantitative estimate of drug-likeness (QED) is 0.264. The molecule has 0 aliphatic rings. The predicted octanol–water partition coefficient (Wildman–Crippen LogP) is 3.83. The Morgan fingerprint density at radius 1 is 1.28 bits per heavy atom. The summed E-state index contributed by atoms with van der Waals surface area (Å²) in [5.41, 5.74) is 1.11. The summed E-state index contributed by atoms with van der Waals surface area (Å²) in [7, 11) is 1.55. The third kappa shape index (κ3) is 4.91. The average molecular weight is 365 g/mol. The Kier molecular flexibility index (Phi) is 6.32. The number of nitro benzene ring substituents is 1. The highest BCUT2D eigenvalue weighted by molar-refractivity contribution is 6.32. The van der Waals surface area contributed by atoms with E-state index < -0.39 is 10.9 Å². The van der Waals surface area contributed by atoms with E-state index in [1.54, 1.807) is 25.3 Å². The second-order valence-electron chi connectivity index (χ2n) is 5.23. The first kappa shape index (κ1) is 18.7. The zero-order valence-electron chi connectivity index (χ0n) is 13.7. The van der Waals surface area contributed by atoms with Crippen LogP contribution in [0.25, 0.3) is 0 Å². The Hall–Kier alpha value is -2.64. The average Bonchev–Trinajstić information content (AvgIpc) is 2.58. The van der Waals surface area contributed by atoms with Gasteiger partial charge in [-0.25, -0.2) is 4.79 Å². The second kappa shape index (κ2) is 8.46. The maximum atomic E-state index is 12.5. The molecule has 132 valence electrons. The number of nitro groups is 1. The van der Waals surface area contributed by atoms with E-state index in [4.69, 9.17) is 21.1 Å². The van der Waals surface area contributed by atoms with Gasteiger partial charge in [0.05, 0.1) is 22.1 Å². The lowest BCUT2D eigenvalue weighted by Crippen LogP contribution is -2.15. The van der Waals surface area contributed by atoms with Crippen molar-refractivity contribution in [3.05, 3.63) is 62.7 Å². The number of hydrogen-bond acceptors (Lipinski definition) is 6. The first-order valence-electron chi connectivity index (χ1n) is 7.42. The number of nitrogens with one attached hydrogen (secondary N) is 1.